The fourth-order valence-corrected chi connectivity index (χ4v) is 5.64. The van der Waals surface area contributed by atoms with Crippen molar-refractivity contribution in [2.75, 3.05) is 26.7 Å². The van der Waals surface area contributed by atoms with Crippen LogP contribution in [0.3, 0.4) is 0 Å². The molecule has 2 aromatic heterocycles. The van der Waals surface area contributed by atoms with E-state index in [0.717, 1.165) is 25.9 Å². The van der Waals surface area contributed by atoms with Crippen LogP contribution in [0.25, 0.3) is 16.9 Å². The predicted molar refractivity (Wildman–Crippen MR) is 127 cm³/mol. The van der Waals surface area contributed by atoms with Gasteiger partial charge in [0.25, 0.3) is 5.56 Å². The van der Waals surface area contributed by atoms with Crippen LogP contribution in [0.1, 0.15) is 31.2 Å². The Hall–Kier alpha value is -3.02. The van der Waals surface area contributed by atoms with E-state index in [1.165, 1.54) is 23.9 Å². The van der Waals surface area contributed by atoms with Gasteiger partial charge in [-0.1, -0.05) is 12.1 Å². The number of hydrogen-bond donors (Lipinski definition) is 1. The fraction of sp³-hybridized carbons (Fsp3) is 0.435. The monoisotopic (exact) mass is 487 g/mol. The van der Waals surface area contributed by atoms with Gasteiger partial charge < -0.3 is 9.26 Å². The second-order valence-corrected chi connectivity index (χ2v) is 10.0. The van der Waals surface area contributed by atoms with E-state index in [-0.39, 0.29) is 22.2 Å². The quantitative estimate of drug-likeness (QED) is 0.514. The molecule has 0 bridgehead atoms. The van der Waals surface area contributed by atoms with E-state index in [1.807, 2.05) is 0 Å². The van der Waals surface area contributed by atoms with Crippen molar-refractivity contribution in [3.8, 4) is 22.7 Å². The standard InChI is InChI=1S/C23H29N5O5S/c1-5-27-12-6-7-18(27)14-24-34(30,31)21-13-17(8-10-20(21)32-4)19-9-11-22(29)28(25-19)23-15(2)26-33-16(23)3/h8-11,13,18,24H,5-7,12,14H2,1-4H3/t18-/m1/s1. The molecule has 1 fully saturated rings. The predicted octanol–water partition coefficient (Wildman–Crippen LogP) is 2.28. The number of nitrogens with one attached hydrogen (secondary N) is 1. The molecule has 0 spiro atoms. The van der Waals surface area contributed by atoms with Gasteiger partial charge in [-0.15, -0.1) is 0 Å². The van der Waals surface area contributed by atoms with E-state index in [0.29, 0.717) is 34.9 Å². The van der Waals surface area contributed by atoms with Crippen LogP contribution in [0.4, 0.5) is 0 Å². The third-order valence-corrected chi connectivity index (χ3v) is 7.62. The minimum absolute atomic E-state index is 0.0189. The molecule has 0 aliphatic carbocycles. The van der Waals surface area contributed by atoms with Gasteiger partial charge in [0.2, 0.25) is 10.0 Å². The highest BCUT2D eigenvalue weighted by atomic mass is 32.2. The maximum atomic E-state index is 13.2. The molecule has 1 aliphatic rings. The summed E-state index contributed by atoms with van der Waals surface area (Å²) in [5.41, 5.74) is 1.59. The maximum absolute atomic E-state index is 13.2. The Morgan fingerprint density at radius 2 is 2.03 bits per heavy atom. The van der Waals surface area contributed by atoms with Crippen molar-refractivity contribution in [3.63, 3.8) is 0 Å². The van der Waals surface area contributed by atoms with Gasteiger partial charge >= 0.3 is 0 Å². The number of aryl methyl sites for hydroxylation is 2. The zero-order valence-electron chi connectivity index (χ0n) is 19.7. The summed E-state index contributed by atoms with van der Waals surface area (Å²) >= 11 is 0. The van der Waals surface area contributed by atoms with Crippen molar-refractivity contribution < 1.29 is 17.7 Å². The minimum atomic E-state index is -3.85. The number of aromatic nitrogens is 3. The van der Waals surface area contributed by atoms with E-state index in [9.17, 15) is 13.2 Å². The first-order valence-electron chi connectivity index (χ1n) is 11.2. The number of methoxy groups -OCH3 is 1. The molecule has 0 saturated carbocycles. The summed E-state index contributed by atoms with van der Waals surface area (Å²) in [5, 5.41) is 8.34. The molecular formula is C23H29N5O5S. The van der Waals surface area contributed by atoms with Crippen LogP contribution in [0.15, 0.2) is 44.5 Å². The molecule has 34 heavy (non-hydrogen) atoms. The highest BCUT2D eigenvalue weighted by molar-refractivity contribution is 7.89. The molecule has 0 amide bonds. The van der Waals surface area contributed by atoms with Crippen LogP contribution in [0.5, 0.6) is 5.75 Å². The molecule has 11 heteroatoms. The summed E-state index contributed by atoms with van der Waals surface area (Å²) in [5.74, 6) is 0.688. The molecule has 1 aliphatic heterocycles. The average molecular weight is 488 g/mol. The molecule has 4 rings (SSSR count). The highest BCUT2D eigenvalue weighted by Crippen LogP contribution is 2.29. The fourth-order valence-electron chi connectivity index (χ4n) is 4.38. The van der Waals surface area contributed by atoms with E-state index in [4.69, 9.17) is 9.26 Å². The van der Waals surface area contributed by atoms with Crippen molar-refractivity contribution >= 4 is 10.0 Å². The van der Waals surface area contributed by atoms with Crippen molar-refractivity contribution in [2.45, 2.75) is 44.6 Å². The summed E-state index contributed by atoms with van der Waals surface area (Å²) in [6.45, 7) is 7.70. The highest BCUT2D eigenvalue weighted by Gasteiger charge is 2.27. The Balaban J connectivity index is 1.69. The normalized spacial score (nSPS) is 16.8. The number of hydrogen-bond acceptors (Lipinski definition) is 8. The number of ether oxygens (including phenoxy) is 1. The lowest BCUT2D eigenvalue weighted by atomic mass is 10.1. The van der Waals surface area contributed by atoms with E-state index < -0.39 is 10.0 Å². The Kier molecular flexibility index (Phi) is 6.87. The maximum Gasteiger partial charge on any atom is 0.271 e. The Morgan fingerprint density at radius 3 is 2.71 bits per heavy atom. The first kappa shape index (κ1) is 24.1. The summed E-state index contributed by atoms with van der Waals surface area (Å²) < 4.78 is 41.0. The van der Waals surface area contributed by atoms with Gasteiger partial charge in [-0.3, -0.25) is 9.69 Å². The number of nitrogens with zero attached hydrogens (tertiary/aromatic N) is 4. The van der Waals surface area contributed by atoms with Crippen molar-refractivity contribution in [1.82, 2.24) is 24.6 Å². The number of benzene rings is 1. The SMILES string of the molecule is CCN1CCC[C@@H]1CNS(=O)(=O)c1cc(-c2ccc(=O)n(-c3c(C)noc3C)n2)ccc1OC. The Bertz CT molecular complexity index is 1330. The first-order chi connectivity index (χ1) is 16.2. The number of likely N-dealkylation sites (N-methyl/N-ethyl adjacent to an activating group) is 1. The lowest BCUT2D eigenvalue weighted by Gasteiger charge is -2.23. The van der Waals surface area contributed by atoms with Gasteiger partial charge in [-0.25, -0.2) is 13.1 Å². The van der Waals surface area contributed by atoms with Crippen LogP contribution >= 0.6 is 0 Å². The second kappa shape index (κ2) is 9.69. The van der Waals surface area contributed by atoms with Crippen LogP contribution in [0, 0.1) is 13.8 Å². The molecule has 1 aromatic carbocycles. The molecule has 1 N–H and O–H groups in total. The molecule has 182 valence electrons. The van der Waals surface area contributed by atoms with Crippen LogP contribution < -0.4 is 15.0 Å². The van der Waals surface area contributed by atoms with E-state index in [2.05, 4.69) is 26.8 Å². The van der Waals surface area contributed by atoms with Crippen LogP contribution in [0.2, 0.25) is 0 Å². The summed E-state index contributed by atoms with van der Waals surface area (Å²) in [6, 6.07) is 7.92. The smallest absolute Gasteiger partial charge is 0.271 e. The summed E-state index contributed by atoms with van der Waals surface area (Å²) in [7, 11) is -2.42. The lowest BCUT2D eigenvalue weighted by molar-refractivity contribution is 0.268. The van der Waals surface area contributed by atoms with E-state index in [1.54, 1.807) is 32.0 Å². The molecular weight excluding hydrogens is 458 g/mol. The topological polar surface area (TPSA) is 120 Å². The zero-order chi connectivity index (χ0) is 24.5. The molecule has 0 radical (unpaired) electrons. The zero-order valence-corrected chi connectivity index (χ0v) is 20.6. The minimum Gasteiger partial charge on any atom is -0.495 e. The second-order valence-electron chi connectivity index (χ2n) is 8.28. The van der Waals surface area contributed by atoms with Gasteiger partial charge in [-0.05, 0) is 64.0 Å². The van der Waals surface area contributed by atoms with Gasteiger partial charge in [0.1, 0.15) is 22.0 Å². The van der Waals surface area contributed by atoms with Crippen molar-refractivity contribution in [2.24, 2.45) is 0 Å². The molecule has 1 atom stereocenters. The first-order valence-corrected chi connectivity index (χ1v) is 12.7. The third-order valence-electron chi connectivity index (χ3n) is 6.17. The molecule has 3 heterocycles. The number of rotatable bonds is 8. The van der Waals surface area contributed by atoms with Gasteiger partial charge in [-0.2, -0.15) is 9.78 Å². The van der Waals surface area contributed by atoms with Gasteiger partial charge in [0.15, 0.2) is 5.76 Å². The van der Waals surface area contributed by atoms with Crippen molar-refractivity contribution in [3.05, 3.63) is 52.1 Å². The van der Waals surface area contributed by atoms with Crippen molar-refractivity contribution in [1.29, 1.82) is 0 Å². The molecule has 1 saturated heterocycles. The van der Waals surface area contributed by atoms with Gasteiger partial charge in [0.05, 0.1) is 12.8 Å². The van der Waals surface area contributed by atoms with Gasteiger partial charge in [0, 0.05) is 24.2 Å². The summed E-state index contributed by atoms with van der Waals surface area (Å²) in [4.78, 5) is 14.8. The average Bonchev–Trinajstić information content (AvgIpc) is 3.43. The third kappa shape index (κ3) is 4.63. The number of likely N-dealkylation sites (tertiary alicyclic amines) is 1. The van der Waals surface area contributed by atoms with Crippen LogP contribution in [-0.4, -0.2) is 61.0 Å². The largest absolute Gasteiger partial charge is 0.495 e. The van der Waals surface area contributed by atoms with E-state index >= 15 is 0 Å². The summed E-state index contributed by atoms with van der Waals surface area (Å²) in [6.07, 6.45) is 2.02. The molecule has 0 unspecified atom stereocenters. The Labute approximate surface area is 198 Å². The van der Waals surface area contributed by atoms with Crippen LogP contribution in [-0.2, 0) is 10.0 Å². The lowest BCUT2D eigenvalue weighted by Crippen LogP contribution is -2.40. The molecule has 10 nitrogen and oxygen atoms in total. The molecule has 3 aromatic rings. The number of sulfonamides is 1. The Morgan fingerprint density at radius 1 is 1.24 bits per heavy atom.